The maximum atomic E-state index is 5.84. The first-order chi connectivity index (χ1) is 7.88. The molecule has 0 aliphatic carbocycles. The third-order valence-electron chi connectivity index (χ3n) is 2.84. The predicted molar refractivity (Wildman–Crippen MR) is 63.9 cm³/mol. The van der Waals surface area contributed by atoms with Gasteiger partial charge in [-0.2, -0.15) is 0 Å². The molecule has 0 amide bonds. The SMILES string of the molecule is COCCc1ccc(OC2CCNC2)cc1. The van der Waals surface area contributed by atoms with Crippen LogP contribution in [0.25, 0.3) is 0 Å². The molecule has 3 nitrogen and oxygen atoms in total. The van der Waals surface area contributed by atoms with Crippen molar-refractivity contribution >= 4 is 0 Å². The smallest absolute Gasteiger partial charge is 0.119 e. The summed E-state index contributed by atoms with van der Waals surface area (Å²) in [6, 6.07) is 8.31. The van der Waals surface area contributed by atoms with Gasteiger partial charge in [-0.1, -0.05) is 12.1 Å². The number of methoxy groups -OCH3 is 1. The van der Waals surface area contributed by atoms with Gasteiger partial charge in [-0.25, -0.2) is 0 Å². The van der Waals surface area contributed by atoms with Gasteiger partial charge >= 0.3 is 0 Å². The first-order valence-electron chi connectivity index (χ1n) is 5.84. The summed E-state index contributed by atoms with van der Waals surface area (Å²) in [7, 11) is 1.73. The van der Waals surface area contributed by atoms with E-state index < -0.39 is 0 Å². The van der Waals surface area contributed by atoms with Crippen LogP contribution in [0.5, 0.6) is 5.75 Å². The molecule has 1 aromatic carbocycles. The summed E-state index contributed by atoms with van der Waals surface area (Å²) in [6.07, 6.45) is 2.40. The van der Waals surface area contributed by atoms with Gasteiger partial charge in [-0.15, -0.1) is 0 Å². The monoisotopic (exact) mass is 221 g/mol. The van der Waals surface area contributed by atoms with E-state index >= 15 is 0 Å². The molecule has 1 aromatic rings. The molecule has 0 aromatic heterocycles. The van der Waals surface area contributed by atoms with Gasteiger partial charge in [0.2, 0.25) is 0 Å². The van der Waals surface area contributed by atoms with Crippen LogP contribution >= 0.6 is 0 Å². The van der Waals surface area contributed by atoms with E-state index in [0.29, 0.717) is 6.10 Å². The summed E-state index contributed by atoms with van der Waals surface area (Å²) in [6.45, 7) is 2.80. The minimum atomic E-state index is 0.338. The minimum absolute atomic E-state index is 0.338. The van der Waals surface area contributed by atoms with Crippen molar-refractivity contribution in [3.63, 3.8) is 0 Å². The van der Waals surface area contributed by atoms with Crippen molar-refractivity contribution < 1.29 is 9.47 Å². The standard InChI is InChI=1S/C13H19NO2/c1-15-9-7-11-2-4-12(5-3-11)16-13-6-8-14-10-13/h2-5,13-14H,6-10H2,1H3. The maximum Gasteiger partial charge on any atom is 0.119 e. The van der Waals surface area contributed by atoms with E-state index in [1.807, 2.05) is 12.1 Å². The summed E-state index contributed by atoms with van der Waals surface area (Å²) in [4.78, 5) is 0. The molecular formula is C13H19NO2. The van der Waals surface area contributed by atoms with Crippen LogP contribution in [0, 0.1) is 0 Å². The predicted octanol–water partition coefficient (Wildman–Crippen LogP) is 1.62. The number of ether oxygens (including phenoxy) is 2. The molecular weight excluding hydrogens is 202 g/mol. The van der Waals surface area contributed by atoms with Crippen molar-refractivity contribution in [1.82, 2.24) is 5.32 Å². The van der Waals surface area contributed by atoms with Crippen LogP contribution < -0.4 is 10.1 Å². The number of hydrogen-bond acceptors (Lipinski definition) is 3. The molecule has 0 saturated carbocycles. The molecule has 1 aliphatic heterocycles. The zero-order chi connectivity index (χ0) is 11.2. The van der Waals surface area contributed by atoms with Crippen LogP contribution in [0.3, 0.4) is 0 Å². The van der Waals surface area contributed by atoms with Crippen LogP contribution in [0.15, 0.2) is 24.3 Å². The average Bonchev–Trinajstić information content (AvgIpc) is 2.81. The molecule has 1 unspecified atom stereocenters. The van der Waals surface area contributed by atoms with E-state index in [9.17, 15) is 0 Å². The van der Waals surface area contributed by atoms with Gasteiger partial charge in [-0.3, -0.25) is 0 Å². The van der Waals surface area contributed by atoms with E-state index in [0.717, 1.165) is 38.3 Å². The largest absolute Gasteiger partial charge is 0.489 e. The Morgan fingerprint density at radius 2 is 2.12 bits per heavy atom. The lowest BCUT2D eigenvalue weighted by molar-refractivity contribution is 0.202. The normalized spacial score (nSPS) is 19.9. The van der Waals surface area contributed by atoms with Crippen molar-refractivity contribution in [2.24, 2.45) is 0 Å². The maximum absolute atomic E-state index is 5.84. The molecule has 1 fully saturated rings. The quantitative estimate of drug-likeness (QED) is 0.819. The van der Waals surface area contributed by atoms with Crippen molar-refractivity contribution in [3.8, 4) is 5.75 Å². The van der Waals surface area contributed by atoms with E-state index in [2.05, 4.69) is 17.4 Å². The zero-order valence-electron chi connectivity index (χ0n) is 9.74. The topological polar surface area (TPSA) is 30.5 Å². The van der Waals surface area contributed by atoms with Gasteiger partial charge < -0.3 is 14.8 Å². The van der Waals surface area contributed by atoms with Crippen molar-refractivity contribution in [1.29, 1.82) is 0 Å². The second-order valence-electron chi connectivity index (χ2n) is 4.12. The molecule has 1 saturated heterocycles. The molecule has 0 spiro atoms. The van der Waals surface area contributed by atoms with Crippen LogP contribution in [0.2, 0.25) is 0 Å². The third kappa shape index (κ3) is 3.22. The Morgan fingerprint density at radius 1 is 1.31 bits per heavy atom. The summed E-state index contributed by atoms with van der Waals surface area (Å²) in [5.41, 5.74) is 1.29. The van der Waals surface area contributed by atoms with Gasteiger partial charge in [0.1, 0.15) is 11.9 Å². The van der Waals surface area contributed by atoms with Gasteiger partial charge in [0, 0.05) is 13.7 Å². The molecule has 1 N–H and O–H groups in total. The lowest BCUT2D eigenvalue weighted by Gasteiger charge is -2.12. The van der Waals surface area contributed by atoms with Crippen molar-refractivity contribution in [2.75, 3.05) is 26.8 Å². The van der Waals surface area contributed by atoms with E-state index in [4.69, 9.17) is 9.47 Å². The van der Waals surface area contributed by atoms with Gasteiger partial charge in [-0.05, 0) is 37.1 Å². The molecule has 0 radical (unpaired) electrons. The molecule has 1 atom stereocenters. The van der Waals surface area contributed by atoms with Crippen molar-refractivity contribution in [2.45, 2.75) is 18.9 Å². The van der Waals surface area contributed by atoms with Crippen LogP contribution in [-0.4, -0.2) is 32.9 Å². The highest BCUT2D eigenvalue weighted by Crippen LogP contribution is 2.16. The van der Waals surface area contributed by atoms with Gasteiger partial charge in [0.05, 0.1) is 6.61 Å². The van der Waals surface area contributed by atoms with Crippen LogP contribution in [0.4, 0.5) is 0 Å². The first-order valence-corrected chi connectivity index (χ1v) is 5.84. The van der Waals surface area contributed by atoms with E-state index in [1.165, 1.54) is 5.56 Å². The number of benzene rings is 1. The Balaban J connectivity index is 1.86. The number of hydrogen-bond donors (Lipinski definition) is 1. The highest BCUT2D eigenvalue weighted by molar-refractivity contribution is 5.27. The van der Waals surface area contributed by atoms with E-state index in [-0.39, 0.29) is 0 Å². The molecule has 0 bridgehead atoms. The highest BCUT2D eigenvalue weighted by atomic mass is 16.5. The van der Waals surface area contributed by atoms with Gasteiger partial charge in [0.15, 0.2) is 0 Å². The van der Waals surface area contributed by atoms with Crippen molar-refractivity contribution in [3.05, 3.63) is 29.8 Å². The summed E-state index contributed by atoms with van der Waals surface area (Å²) in [5, 5.41) is 3.29. The van der Waals surface area contributed by atoms with Crippen LogP contribution in [0.1, 0.15) is 12.0 Å². The molecule has 88 valence electrons. The minimum Gasteiger partial charge on any atom is -0.489 e. The molecule has 2 rings (SSSR count). The Labute approximate surface area is 96.8 Å². The fourth-order valence-electron chi connectivity index (χ4n) is 1.88. The fourth-order valence-corrected chi connectivity index (χ4v) is 1.88. The second-order valence-corrected chi connectivity index (χ2v) is 4.12. The summed E-state index contributed by atoms with van der Waals surface area (Å²) >= 11 is 0. The lowest BCUT2D eigenvalue weighted by atomic mass is 10.1. The highest BCUT2D eigenvalue weighted by Gasteiger charge is 2.15. The molecule has 3 heteroatoms. The first kappa shape index (κ1) is 11.4. The second kappa shape index (κ2) is 5.87. The van der Waals surface area contributed by atoms with Gasteiger partial charge in [0.25, 0.3) is 0 Å². The average molecular weight is 221 g/mol. The molecule has 1 aliphatic rings. The number of rotatable bonds is 5. The Morgan fingerprint density at radius 3 is 2.75 bits per heavy atom. The third-order valence-corrected chi connectivity index (χ3v) is 2.84. The van der Waals surface area contributed by atoms with E-state index in [1.54, 1.807) is 7.11 Å². The van der Waals surface area contributed by atoms with Crippen LogP contribution in [-0.2, 0) is 11.2 Å². The Hall–Kier alpha value is -1.06. The Kier molecular flexibility index (Phi) is 4.19. The summed E-state index contributed by atoms with van der Waals surface area (Å²) in [5.74, 6) is 0.967. The Bertz CT molecular complexity index is 304. The number of nitrogens with one attached hydrogen (secondary N) is 1. The molecule has 1 heterocycles. The zero-order valence-corrected chi connectivity index (χ0v) is 9.74. The lowest BCUT2D eigenvalue weighted by Crippen LogP contribution is -2.19. The summed E-state index contributed by atoms with van der Waals surface area (Å²) < 4.78 is 10.9. The molecule has 16 heavy (non-hydrogen) atoms. The fraction of sp³-hybridized carbons (Fsp3) is 0.538.